The van der Waals surface area contributed by atoms with Crippen LogP contribution in [0.25, 0.3) is 11.1 Å². The van der Waals surface area contributed by atoms with E-state index < -0.39 is 16.7 Å². The second-order valence-electron chi connectivity index (χ2n) is 6.75. The fourth-order valence-electron chi connectivity index (χ4n) is 4.00. The van der Waals surface area contributed by atoms with E-state index in [1.54, 1.807) is 6.07 Å². The van der Waals surface area contributed by atoms with Crippen molar-refractivity contribution in [3.05, 3.63) is 59.4 Å². The first-order chi connectivity index (χ1) is 10.9. The number of carbonyl (C=O) groups is 1. The quantitative estimate of drug-likeness (QED) is 0.891. The van der Waals surface area contributed by atoms with Crippen LogP contribution in [-0.2, 0) is 10.2 Å². The number of hydrogen-bond donors (Lipinski definition) is 2. The van der Waals surface area contributed by atoms with Gasteiger partial charge in [-0.25, -0.2) is 4.39 Å². The highest BCUT2D eigenvalue weighted by Crippen LogP contribution is 2.59. The SMILES string of the molecule is CC(C)(CCN)C1(C(N)=O)c2ccc(-c3ccccc3)c1c2F. The van der Waals surface area contributed by atoms with Crippen LogP contribution in [0.5, 0.6) is 0 Å². The second kappa shape index (κ2) is 5.17. The summed E-state index contributed by atoms with van der Waals surface area (Å²) >= 11 is 0. The average molecular weight is 312 g/mol. The van der Waals surface area contributed by atoms with E-state index in [-0.39, 0.29) is 5.82 Å². The largest absolute Gasteiger partial charge is 0.369 e. The van der Waals surface area contributed by atoms with Crippen molar-refractivity contribution >= 4 is 5.91 Å². The minimum Gasteiger partial charge on any atom is -0.369 e. The zero-order valence-corrected chi connectivity index (χ0v) is 13.4. The van der Waals surface area contributed by atoms with Crippen molar-refractivity contribution in [1.82, 2.24) is 0 Å². The monoisotopic (exact) mass is 312 g/mol. The molecular weight excluding hydrogens is 291 g/mol. The first-order valence-corrected chi connectivity index (χ1v) is 7.76. The molecule has 0 aliphatic heterocycles. The Morgan fingerprint density at radius 1 is 1.17 bits per heavy atom. The lowest BCUT2D eigenvalue weighted by Gasteiger charge is -2.52. The van der Waals surface area contributed by atoms with E-state index in [2.05, 4.69) is 0 Å². The van der Waals surface area contributed by atoms with Crippen molar-refractivity contribution in [3.8, 4) is 11.1 Å². The third-order valence-corrected chi connectivity index (χ3v) is 5.16. The fourth-order valence-corrected chi connectivity index (χ4v) is 4.00. The summed E-state index contributed by atoms with van der Waals surface area (Å²) in [7, 11) is 0. The number of amides is 1. The van der Waals surface area contributed by atoms with E-state index >= 15 is 0 Å². The molecule has 0 heterocycles. The Kier molecular flexibility index (Phi) is 3.52. The summed E-state index contributed by atoms with van der Waals surface area (Å²) in [5.41, 5.74) is 12.2. The van der Waals surface area contributed by atoms with E-state index in [9.17, 15) is 9.18 Å². The smallest absolute Gasteiger partial charge is 0.233 e. The molecular formula is C19H21FN2O. The first kappa shape index (κ1) is 15.7. The van der Waals surface area contributed by atoms with Gasteiger partial charge in [0.15, 0.2) is 0 Å². The van der Waals surface area contributed by atoms with Gasteiger partial charge in [0.2, 0.25) is 5.91 Å². The second-order valence-corrected chi connectivity index (χ2v) is 6.75. The number of hydrogen-bond acceptors (Lipinski definition) is 2. The van der Waals surface area contributed by atoms with Gasteiger partial charge in [0.1, 0.15) is 11.2 Å². The van der Waals surface area contributed by atoms with E-state index in [1.165, 1.54) is 0 Å². The average Bonchev–Trinajstić information content (AvgIpc) is 2.53. The maximum atomic E-state index is 14.7. The van der Waals surface area contributed by atoms with Gasteiger partial charge in [-0.1, -0.05) is 56.3 Å². The predicted molar refractivity (Wildman–Crippen MR) is 89.3 cm³/mol. The van der Waals surface area contributed by atoms with Crippen molar-refractivity contribution in [2.75, 3.05) is 6.54 Å². The molecule has 1 amide bonds. The fraction of sp³-hybridized carbons (Fsp3) is 0.316. The maximum Gasteiger partial charge on any atom is 0.233 e. The summed E-state index contributed by atoms with van der Waals surface area (Å²) in [5, 5.41) is 0. The van der Waals surface area contributed by atoms with Crippen LogP contribution in [0.3, 0.4) is 0 Å². The van der Waals surface area contributed by atoms with Crippen molar-refractivity contribution in [2.24, 2.45) is 16.9 Å². The van der Waals surface area contributed by atoms with Gasteiger partial charge in [-0.05, 0) is 29.5 Å². The van der Waals surface area contributed by atoms with Gasteiger partial charge in [-0.15, -0.1) is 0 Å². The van der Waals surface area contributed by atoms with Gasteiger partial charge >= 0.3 is 0 Å². The van der Waals surface area contributed by atoms with Gasteiger partial charge in [-0.2, -0.15) is 0 Å². The molecule has 0 saturated heterocycles. The Bertz CT molecular complexity index is 770. The van der Waals surface area contributed by atoms with Crippen molar-refractivity contribution in [2.45, 2.75) is 25.7 Å². The number of rotatable bonds is 5. The summed E-state index contributed by atoms with van der Waals surface area (Å²) < 4.78 is 14.7. The molecule has 2 aliphatic carbocycles. The van der Waals surface area contributed by atoms with Gasteiger partial charge in [0.25, 0.3) is 0 Å². The maximum absolute atomic E-state index is 14.7. The van der Waals surface area contributed by atoms with Crippen LogP contribution < -0.4 is 11.5 Å². The zero-order chi connectivity index (χ0) is 16.8. The topological polar surface area (TPSA) is 69.1 Å². The highest BCUT2D eigenvalue weighted by molar-refractivity contribution is 5.98. The van der Waals surface area contributed by atoms with Crippen LogP contribution in [0, 0.1) is 11.2 Å². The summed E-state index contributed by atoms with van der Waals surface area (Å²) in [6, 6.07) is 13.1. The summed E-state index contributed by atoms with van der Waals surface area (Å²) in [6.45, 7) is 4.27. The Labute approximate surface area is 135 Å². The van der Waals surface area contributed by atoms with Gasteiger partial charge in [-0.3, -0.25) is 4.79 Å². The Balaban J connectivity index is 2.26. The molecule has 120 valence electrons. The third-order valence-electron chi connectivity index (χ3n) is 5.16. The predicted octanol–water partition coefficient (Wildman–Crippen LogP) is 2.95. The molecule has 4 N–H and O–H groups in total. The Morgan fingerprint density at radius 2 is 1.83 bits per heavy atom. The van der Waals surface area contributed by atoms with E-state index in [0.717, 1.165) is 11.1 Å². The molecule has 1 atom stereocenters. The number of halogens is 1. The molecule has 2 aliphatic rings. The molecule has 0 saturated carbocycles. The van der Waals surface area contributed by atoms with Crippen LogP contribution in [0.2, 0.25) is 0 Å². The van der Waals surface area contributed by atoms with Crippen LogP contribution >= 0.6 is 0 Å². The highest BCUT2D eigenvalue weighted by Gasteiger charge is 2.61. The minimum absolute atomic E-state index is 0.324. The molecule has 0 aromatic heterocycles. The molecule has 2 aromatic rings. The van der Waals surface area contributed by atoms with Crippen molar-refractivity contribution in [3.63, 3.8) is 0 Å². The highest BCUT2D eigenvalue weighted by atomic mass is 19.1. The third kappa shape index (κ3) is 1.88. The normalized spacial score (nSPS) is 19.3. The van der Waals surface area contributed by atoms with Gasteiger partial charge in [0.05, 0.1) is 0 Å². The summed E-state index contributed by atoms with van der Waals surface area (Å²) in [4.78, 5) is 12.5. The molecule has 1 unspecified atom stereocenters. The number of fused-ring (bicyclic) bond motifs is 2. The van der Waals surface area contributed by atoms with E-state index in [4.69, 9.17) is 11.5 Å². The number of benzene rings is 2. The summed E-state index contributed by atoms with van der Waals surface area (Å²) in [6.07, 6.45) is 0.576. The molecule has 0 spiro atoms. The van der Waals surface area contributed by atoms with Crippen LogP contribution in [0.15, 0.2) is 42.5 Å². The molecule has 23 heavy (non-hydrogen) atoms. The molecule has 2 bridgehead atoms. The van der Waals surface area contributed by atoms with Crippen LogP contribution in [0.4, 0.5) is 4.39 Å². The molecule has 2 aromatic carbocycles. The van der Waals surface area contributed by atoms with Crippen LogP contribution in [-0.4, -0.2) is 12.5 Å². The standard InChI is InChI=1S/C19H21FN2O/c1-18(2,10-11-21)19(17(22)23)14-9-8-13(15(19)16(14)20)12-6-4-3-5-7-12/h3-9H,10-11,21H2,1-2H3,(H2,22,23). The zero-order valence-electron chi connectivity index (χ0n) is 13.4. The van der Waals surface area contributed by atoms with Gasteiger partial charge < -0.3 is 11.5 Å². The molecule has 3 nitrogen and oxygen atoms in total. The van der Waals surface area contributed by atoms with Crippen LogP contribution in [0.1, 0.15) is 31.4 Å². The minimum atomic E-state index is -1.11. The van der Waals surface area contributed by atoms with Crippen molar-refractivity contribution in [1.29, 1.82) is 0 Å². The summed E-state index contributed by atoms with van der Waals surface area (Å²) in [5.74, 6) is -0.838. The number of carbonyl (C=O) groups excluding carboxylic acids is 1. The Morgan fingerprint density at radius 3 is 2.35 bits per heavy atom. The molecule has 0 radical (unpaired) electrons. The molecule has 0 fully saturated rings. The van der Waals surface area contributed by atoms with E-state index in [1.807, 2.05) is 50.2 Å². The first-order valence-electron chi connectivity index (χ1n) is 7.76. The van der Waals surface area contributed by atoms with E-state index in [0.29, 0.717) is 24.1 Å². The number of nitrogens with two attached hydrogens (primary N) is 2. The lowest BCUT2D eigenvalue weighted by Crippen LogP contribution is -2.59. The van der Waals surface area contributed by atoms with Crippen molar-refractivity contribution < 1.29 is 9.18 Å². The Hall–Kier alpha value is -2.20. The molecule has 4 rings (SSSR count). The lowest BCUT2D eigenvalue weighted by atomic mass is 9.49. The lowest BCUT2D eigenvalue weighted by molar-refractivity contribution is -0.127. The number of primary amides is 1. The molecule has 4 heteroatoms. The van der Waals surface area contributed by atoms with Gasteiger partial charge in [0, 0.05) is 11.1 Å².